The molecule has 0 aromatic heterocycles. The normalized spacial score (nSPS) is 25.0. The molecule has 0 N–H and O–H groups in total. The summed E-state index contributed by atoms with van der Waals surface area (Å²) in [6.45, 7) is 4.33. The number of piperazine rings is 1. The molecule has 1 atom stereocenters. The first-order valence-electron chi connectivity index (χ1n) is 6.68. The number of benzene rings is 1. The van der Waals surface area contributed by atoms with Gasteiger partial charge in [0.15, 0.2) is 0 Å². The standard InChI is InChI=1S/C14H18ClFN2/c15-13-9-11(16)4-5-14(13)18-8-7-17-6-2-1-3-12(17)10-18/h4-5,9,12H,1-3,6-8,10H2. The van der Waals surface area contributed by atoms with E-state index in [-0.39, 0.29) is 5.82 Å². The van der Waals surface area contributed by atoms with Crippen LogP contribution in [0.4, 0.5) is 10.1 Å². The van der Waals surface area contributed by atoms with Crippen LogP contribution in [0.1, 0.15) is 19.3 Å². The lowest BCUT2D eigenvalue weighted by Gasteiger charge is -2.45. The van der Waals surface area contributed by atoms with Gasteiger partial charge in [-0.05, 0) is 37.6 Å². The van der Waals surface area contributed by atoms with E-state index < -0.39 is 0 Å². The molecule has 0 spiro atoms. The second-order valence-corrected chi connectivity index (χ2v) is 5.63. The minimum atomic E-state index is -0.264. The highest BCUT2D eigenvalue weighted by Crippen LogP contribution is 2.30. The first-order chi connectivity index (χ1) is 8.74. The summed E-state index contributed by atoms with van der Waals surface area (Å²) in [5.74, 6) is -0.264. The number of piperidine rings is 1. The molecule has 0 aliphatic carbocycles. The van der Waals surface area contributed by atoms with Crippen LogP contribution in [0.25, 0.3) is 0 Å². The largest absolute Gasteiger partial charge is 0.367 e. The van der Waals surface area contributed by atoms with Crippen LogP contribution in [0.3, 0.4) is 0 Å². The molecular formula is C14H18ClFN2. The Bertz CT molecular complexity index is 438. The van der Waals surface area contributed by atoms with E-state index in [9.17, 15) is 4.39 Å². The molecule has 0 saturated carbocycles. The maximum Gasteiger partial charge on any atom is 0.124 e. The maximum absolute atomic E-state index is 13.1. The fourth-order valence-corrected chi connectivity index (χ4v) is 3.40. The molecule has 0 radical (unpaired) electrons. The van der Waals surface area contributed by atoms with E-state index in [4.69, 9.17) is 11.6 Å². The number of halogens is 2. The number of fused-ring (bicyclic) bond motifs is 1. The molecular weight excluding hydrogens is 251 g/mol. The van der Waals surface area contributed by atoms with Crippen LogP contribution in [-0.2, 0) is 0 Å². The number of rotatable bonds is 1. The fraction of sp³-hybridized carbons (Fsp3) is 0.571. The van der Waals surface area contributed by atoms with Gasteiger partial charge in [0, 0.05) is 25.7 Å². The van der Waals surface area contributed by atoms with Crippen LogP contribution >= 0.6 is 11.6 Å². The molecule has 1 unspecified atom stereocenters. The molecule has 0 amide bonds. The van der Waals surface area contributed by atoms with E-state index in [1.54, 1.807) is 6.07 Å². The zero-order chi connectivity index (χ0) is 12.5. The Morgan fingerprint density at radius 1 is 1.17 bits per heavy atom. The van der Waals surface area contributed by atoms with Crippen molar-refractivity contribution in [3.05, 3.63) is 29.0 Å². The zero-order valence-electron chi connectivity index (χ0n) is 10.4. The number of hydrogen-bond acceptors (Lipinski definition) is 2. The van der Waals surface area contributed by atoms with Gasteiger partial charge in [-0.25, -0.2) is 4.39 Å². The Kier molecular flexibility index (Phi) is 3.44. The third-order valence-corrected chi connectivity index (χ3v) is 4.39. The van der Waals surface area contributed by atoms with Gasteiger partial charge in [-0.2, -0.15) is 0 Å². The second kappa shape index (κ2) is 5.06. The second-order valence-electron chi connectivity index (χ2n) is 5.23. The molecule has 3 rings (SSSR count). The molecule has 4 heteroatoms. The van der Waals surface area contributed by atoms with Crippen molar-refractivity contribution in [3.8, 4) is 0 Å². The minimum Gasteiger partial charge on any atom is -0.367 e. The van der Waals surface area contributed by atoms with Crippen molar-refractivity contribution in [2.45, 2.75) is 25.3 Å². The smallest absolute Gasteiger partial charge is 0.124 e. The SMILES string of the molecule is Fc1ccc(N2CCN3CCCCC3C2)c(Cl)c1. The summed E-state index contributed by atoms with van der Waals surface area (Å²) >= 11 is 6.14. The molecule has 2 heterocycles. The fourth-order valence-electron chi connectivity index (χ4n) is 3.11. The average molecular weight is 269 g/mol. The monoisotopic (exact) mass is 268 g/mol. The van der Waals surface area contributed by atoms with Crippen molar-refractivity contribution in [1.82, 2.24) is 4.90 Å². The highest BCUT2D eigenvalue weighted by molar-refractivity contribution is 6.33. The number of nitrogens with zero attached hydrogens (tertiary/aromatic N) is 2. The molecule has 1 aromatic carbocycles. The predicted molar refractivity (Wildman–Crippen MR) is 72.8 cm³/mol. The van der Waals surface area contributed by atoms with Crippen LogP contribution in [0.2, 0.25) is 5.02 Å². The molecule has 2 fully saturated rings. The van der Waals surface area contributed by atoms with Gasteiger partial charge in [-0.3, -0.25) is 4.90 Å². The van der Waals surface area contributed by atoms with Gasteiger partial charge in [0.2, 0.25) is 0 Å². The van der Waals surface area contributed by atoms with Crippen molar-refractivity contribution in [2.75, 3.05) is 31.1 Å². The van der Waals surface area contributed by atoms with Crippen molar-refractivity contribution in [1.29, 1.82) is 0 Å². The molecule has 0 bridgehead atoms. The summed E-state index contributed by atoms with van der Waals surface area (Å²) < 4.78 is 13.1. The van der Waals surface area contributed by atoms with Gasteiger partial charge < -0.3 is 4.90 Å². The first kappa shape index (κ1) is 12.2. The van der Waals surface area contributed by atoms with Crippen molar-refractivity contribution >= 4 is 17.3 Å². The predicted octanol–water partition coefficient (Wildman–Crippen LogP) is 3.15. The summed E-state index contributed by atoms with van der Waals surface area (Å²) in [5, 5.41) is 0.527. The van der Waals surface area contributed by atoms with E-state index >= 15 is 0 Å². The van der Waals surface area contributed by atoms with Crippen LogP contribution in [0, 0.1) is 5.82 Å². The molecule has 98 valence electrons. The van der Waals surface area contributed by atoms with Crippen molar-refractivity contribution in [2.24, 2.45) is 0 Å². The van der Waals surface area contributed by atoms with Gasteiger partial charge in [-0.15, -0.1) is 0 Å². The molecule has 2 aliphatic rings. The molecule has 2 nitrogen and oxygen atoms in total. The molecule has 2 saturated heterocycles. The summed E-state index contributed by atoms with van der Waals surface area (Å²) in [6, 6.07) is 5.35. The lowest BCUT2D eigenvalue weighted by molar-refractivity contribution is 0.133. The Balaban J connectivity index is 1.77. The molecule has 1 aromatic rings. The van der Waals surface area contributed by atoms with Crippen molar-refractivity contribution < 1.29 is 4.39 Å². The zero-order valence-corrected chi connectivity index (χ0v) is 11.2. The van der Waals surface area contributed by atoms with Gasteiger partial charge >= 0.3 is 0 Å². The van der Waals surface area contributed by atoms with E-state index in [1.165, 1.54) is 37.9 Å². The van der Waals surface area contributed by atoms with Crippen LogP contribution in [0.15, 0.2) is 18.2 Å². The number of anilines is 1. The van der Waals surface area contributed by atoms with E-state index in [0.29, 0.717) is 11.1 Å². The number of hydrogen-bond donors (Lipinski definition) is 0. The van der Waals surface area contributed by atoms with Crippen molar-refractivity contribution in [3.63, 3.8) is 0 Å². The highest BCUT2D eigenvalue weighted by Gasteiger charge is 2.29. The summed E-state index contributed by atoms with van der Waals surface area (Å²) in [6.07, 6.45) is 3.93. The maximum atomic E-state index is 13.1. The Labute approximate surface area is 112 Å². The third-order valence-electron chi connectivity index (χ3n) is 4.09. The van der Waals surface area contributed by atoms with E-state index in [0.717, 1.165) is 25.3 Å². The Morgan fingerprint density at radius 2 is 2.06 bits per heavy atom. The van der Waals surface area contributed by atoms with Gasteiger partial charge in [0.25, 0.3) is 0 Å². The van der Waals surface area contributed by atoms with E-state index in [2.05, 4.69) is 9.80 Å². The lowest BCUT2D eigenvalue weighted by Crippen LogP contribution is -2.54. The quantitative estimate of drug-likeness (QED) is 0.772. The van der Waals surface area contributed by atoms with Gasteiger partial charge in [0.1, 0.15) is 5.82 Å². The molecule has 18 heavy (non-hydrogen) atoms. The van der Waals surface area contributed by atoms with Gasteiger partial charge in [-0.1, -0.05) is 18.0 Å². The summed E-state index contributed by atoms with van der Waals surface area (Å²) in [4.78, 5) is 4.88. The summed E-state index contributed by atoms with van der Waals surface area (Å²) in [7, 11) is 0. The first-order valence-corrected chi connectivity index (χ1v) is 7.06. The minimum absolute atomic E-state index is 0.264. The topological polar surface area (TPSA) is 6.48 Å². The Hall–Kier alpha value is -0.800. The Morgan fingerprint density at radius 3 is 2.89 bits per heavy atom. The third kappa shape index (κ3) is 2.34. The highest BCUT2D eigenvalue weighted by atomic mass is 35.5. The van der Waals surface area contributed by atoms with Crippen LogP contribution in [-0.4, -0.2) is 37.1 Å². The van der Waals surface area contributed by atoms with E-state index in [1.807, 2.05) is 0 Å². The summed E-state index contributed by atoms with van der Waals surface area (Å²) in [5.41, 5.74) is 0.975. The van der Waals surface area contributed by atoms with Crippen LogP contribution < -0.4 is 4.90 Å². The average Bonchev–Trinajstić information content (AvgIpc) is 2.38. The molecule has 2 aliphatic heterocycles. The van der Waals surface area contributed by atoms with Gasteiger partial charge in [0.05, 0.1) is 10.7 Å². The lowest BCUT2D eigenvalue weighted by atomic mass is 9.99. The van der Waals surface area contributed by atoms with Crippen LogP contribution in [0.5, 0.6) is 0 Å².